The van der Waals surface area contributed by atoms with Gasteiger partial charge in [0.2, 0.25) is 0 Å². The van der Waals surface area contributed by atoms with E-state index in [2.05, 4.69) is 20.5 Å². The maximum Gasteiger partial charge on any atom is 0.143 e. The first-order valence-electron chi connectivity index (χ1n) is 3.49. The van der Waals surface area contributed by atoms with E-state index in [1.165, 1.54) is 18.7 Å². The molecular weight excluding hydrogens is 114 g/mol. The van der Waals surface area contributed by atoms with Gasteiger partial charge in [0, 0.05) is 0 Å². The van der Waals surface area contributed by atoms with Gasteiger partial charge < -0.3 is 0 Å². The van der Waals surface area contributed by atoms with Gasteiger partial charge in [-0.15, -0.1) is 8.58 Å². The highest BCUT2D eigenvalue weighted by atomic mass is 31.1. The molecule has 0 radical (unpaired) electrons. The third-order valence-corrected chi connectivity index (χ3v) is 2.63. The van der Waals surface area contributed by atoms with Gasteiger partial charge in [0.25, 0.3) is 0 Å². The van der Waals surface area contributed by atoms with Gasteiger partial charge in [-0.3, -0.25) is 0 Å². The van der Waals surface area contributed by atoms with Crippen molar-refractivity contribution in [2.24, 2.45) is 0 Å². The highest BCUT2D eigenvalue weighted by molar-refractivity contribution is 7.40. The SMILES string of the molecule is CCB(CC)CPC. The maximum atomic E-state index is 2.29. The van der Waals surface area contributed by atoms with Crippen LogP contribution < -0.4 is 0 Å². The molecule has 2 heteroatoms. The van der Waals surface area contributed by atoms with E-state index < -0.39 is 0 Å². The van der Waals surface area contributed by atoms with Crippen molar-refractivity contribution in [3.63, 3.8) is 0 Å². The molecule has 0 amide bonds. The smallest absolute Gasteiger partial charge is 0.133 e. The number of hydrogen-bond acceptors (Lipinski definition) is 0. The summed E-state index contributed by atoms with van der Waals surface area (Å²) in [4.78, 5) is 0. The lowest BCUT2D eigenvalue weighted by atomic mass is 9.48. The summed E-state index contributed by atoms with van der Waals surface area (Å²) in [6.07, 6.45) is 2.74. The Hall–Kier alpha value is 0.495. The van der Waals surface area contributed by atoms with Crippen LogP contribution in [0.4, 0.5) is 0 Å². The molecule has 0 nitrogen and oxygen atoms in total. The summed E-state index contributed by atoms with van der Waals surface area (Å²) < 4.78 is 0. The van der Waals surface area contributed by atoms with Gasteiger partial charge in [-0.1, -0.05) is 32.5 Å². The van der Waals surface area contributed by atoms with E-state index in [4.69, 9.17) is 0 Å². The van der Waals surface area contributed by atoms with Crippen LogP contribution in [0.3, 0.4) is 0 Å². The molecule has 1 unspecified atom stereocenters. The molecule has 0 aromatic heterocycles. The first-order chi connectivity index (χ1) is 3.85. The van der Waals surface area contributed by atoms with Crippen LogP contribution >= 0.6 is 8.58 Å². The van der Waals surface area contributed by atoms with Crippen LogP contribution in [0.15, 0.2) is 0 Å². The summed E-state index contributed by atoms with van der Waals surface area (Å²) in [6, 6.07) is 1.45. The Morgan fingerprint density at radius 1 is 1.25 bits per heavy atom. The lowest BCUT2D eigenvalue weighted by Gasteiger charge is -2.03. The van der Waals surface area contributed by atoms with Crippen molar-refractivity contribution in [2.45, 2.75) is 26.5 Å². The Morgan fingerprint density at radius 3 is 1.88 bits per heavy atom. The van der Waals surface area contributed by atoms with E-state index in [9.17, 15) is 0 Å². The lowest BCUT2D eigenvalue weighted by Crippen LogP contribution is -2.11. The summed E-state index contributed by atoms with van der Waals surface area (Å²) in [5.74, 6) is 0. The van der Waals surface area contributed by atoms with E-state index in [0.717, 1.165) is 15.3 Å². The van der Waals surface area contributed by atoms with E-state index in [1.54, 1.807) is 0 Å². The first kappa shape index (κ1) is 8.49. The second kappa shape index (κ2) is 5.63. The molecule has 0 bridgehead atoms. The molecule has 1 atom stereocenters. The zero-order chi connectivity index (χ0) is 6.41. The zero-order valence-corrected chi connectivity index (χ0v) is 7.20. The molecule has 0 aromatic carbocycles. The molecule has 0 aliphatic heterocycles. The third kappa shape index (κ3) is 3.49. The Kier molecular flexibility index (Phi) is 5.98. The quantitative estimate of drug-likeness (QED) is 0.404. The highest BCUT2D eigenvalue weighted by Gasteiger charge is 2.04. The van der Waals surface area contributed by atoms with E-state index in [-0.39, 0.29) is 0 Å². The largest absolute Gasteiger partial charge is 0.143 e. The van der Waals surface area contributed by atoms with Crippen LogP contribution in [-0.4, -0.2) is 19.4 Å². The van der Waals surface area contributed by atoms with Crippen LogP contribution in [0.5, 0.6) is 0 Å². The molecular formula is C6H16BP. The van der Waals surface area contributed by atoms with Crippen molar-refractivity contribution in [2.75, 3.05) is 12.7 Å². The van der Waals surface area contributed by atoms with Crippen molar-refractivity contribution < 1.29 is 0 Å². The van der Waals surface area contributed by atoms with Gasteiger partial charge in [-0.25, -0.2) is 0 Å². The zero-order valence-electron chi connectivity index (χ0n) is 6.20. The average molecular weight is 130 g/mol. The van der Waals surface area contributed by atoms with Crippen LogP contribution in [0.25, 0.3) is 0 Å². The summed E-state index contributed by atoms with van der Waals surface area (Å²) in [6.45, 7) is 7.87. The fraction of sp³-hybridized carbons (Fsp3) is 1.00. The van der Waals surface area contributed by atoms with Crippen LogP contribution in [0.1, 0.15) is 13.8 Å². The first-order valence-corrected chi connectivity index (χ1v) is 5.20. The Morgan fingerprint density at radius 2 is 1.75 bits per heavy atom. The lowest BCUT2D eigenvalue weighted by molar-refractivity contribution is 1.31. The number of rotatable bonds is 4. The molecule has 0 aliphatic rings. The molecule has 0 saturated carbocycles. The molecule has 0 fully saturated rings. The molecule has 0 heterocycles. The Labute approximate surface area is 55.3 Å². The van der Waals surface area contributed by atoms with Crippen molar-refractivity contribution in [1.82, 2.24) is 0 Å². The fourth-order valence-corrected chi connectivity index (χ4v) is 2.02. The van der Waals surface area contributed by atoms with E-state index >= 15 is 0 Å². The fourth-order valence-electron chi connectivity index (χ4n) is 0.866. The molecule has 8 heavy (non-hydrogen) atoms. The predicted molar refractivity (Wildman–Crippen MR) is 45.8 cm³/mol. The second-order valence-corrected chi connectivity index (χ2v) is 3.36. The van der Waals surface area contributed by atoms with Crippen LogP contribution in [0.2, 0.25) is 12.6 Å². The predicted octanol–water partition coefficient (Wildman–Crippen LogP) is 2.37. The van der Waals surface area contributed by atoms with E-state index in [1.807, 2.05) is 0 Å². The normalized spacial score (nSPS) is 10.9. The summed E-state index contributed by atoms with van der Waals surface area (Å²) in [7, 11) is 1.15. The van der Waals surface area contributed by atoms with Crippen LogP contribution in [0, 0.1) is 0 Å². The minimum Gasteiger partial charge on any atom is -0.133 e. The minimum absolute atomic E-state index is 1.01. The Balaban J connectivity index is 3.07. The van der Waals surface area contributed by atoms with Gasteiger partial charge in [-0.2, -0.15) is 0 Å². The van der Waals surface area contributed by atoms with Gasteiger partial charge in [0.15, 0.2) is 0 Å². The molecule has 0 rings (SSSR count). The second-order valence-electron chi connectivity index (χ2n) is 2.24. The van der Waals surface area contributed by atoms with Crippen molar-refractivity contribution in [1.29, 1.82) is 0 Å². The monoisotopic (exact) mass is 130 g/mol. The highest BCUT2D eigenvalue weighted by Crippen LogP contribution is 2.09. The molecule has 48 valence electrons. The Bertz CT molecular complexity index is 43.8. The number of hydrogen-bond donors (Lipinski definition) is 0. The topological polar surface area (TPSA) is 0 Å². The van der Waals surface area contributed by atoms with Gasteiger partial charge in [-0.05, 0) is 6.66 Å². The summed E-state index contributed by atoms with van der Waals surface area (Å²) in [5.41, 5.74) is 0. The molecule has 0 spiro atoms. The van der Waals surface area contributed by atoms with Gasteiger partial charge in [0.1, 0.15) is 6.71 Å². The van der Waals surface area contributed by atoms with Crippen molar-refractivity contribution >= 4 is 15.3 Å². The summed E-state index contributed by atoms with van der Waals surface area (Å²) in [5, 5.41) is 0. The molecule has 0 aromatic rings. The van der Waals surface area contributed by atoms with Crippen molar-refractivity contribution in [3.8, 4) is 0 Å². The minimum atomic E-state index is 1.01. The maximum absolute atomic E-state index is 2.29. The van der Waals surface area contributed by atoms with Gasteiger partial charge in [0.05, 0.1) is 0 Å². The summed E-state index contributed by atoms with van der Waals surface area (Å²) >= 11 is 0. The molecule has 0 saturated heterocycles. The molecule has 0 N–H and O–H groups in total. The third-order valence-electron chi connectivity index (χ3n) is 1.65. The standard InChI is InChI=1S/C6H16BP/c1-4-7(5-2)6-8-3/h8H,4-6H2,1-3H3. The molecule has 0 aliphatic carbocycles. The van der Waals surface area contributed by atoms with Crippen molar-refractivity contribution in [3.05, 3.63) is 0 Å². The van der Waals surface area contributed by atoms with Gasteiger partial charge >= 0.3 is 0 Å². The van der Waals surface area contributed by atoms with E-state index in [0.29, 0.717) is 0 Å². The average Bonchev–Trinajstić information content (AvgIpc) is 1.83. The van der Waals surface area contributed by atoms with Crippen LogP contribution in [-0.2, 0) is 0 Å².